The van der Waals surface area contributed by atoms with Gasteiger partial charge in [-0.05, 0) is 6.92 Å². The lowest BCUT2D eigenvalue weighted by Gasteiger charge is -2.13. The molecule has 2 rings (SSSR count). The number of likely N-dealkylation sites (tertiary alicyclic amines) is 1. The summed E-state index contributed by atoms with van der Waals surface area (Å²) in [6.07, 6.45) is -0.134. The number of thiazole rings is 1. The predicted octanol–water partition coefficient (Wildman–Crippen LogP) is -0.371. The van der Waals surface area contributed by atoms with Crippen molar-refractivity contribution in [1.29, 1.82) is 0 Å². The van der Waals surface area contributed by atoms with Crippen molar-refractivity contribution in [1.82, 2.24) is 9.88 Å². The fraction of sp³-hybridized carbons (Fsp3) is 0.556. The van der Waals surface area contributed by atoms with Gasteiger partial charge < -0.3 is 15.1 Å². The fourth-order valence-corrected chi connectivity index (χ4v) is 2.30. The van der Waals surface area contributed by atoms with Gasteiger partial charge >= 0.3 is 0 Å². The molecule has 1 aromatic rings. The zero-order chi connectivity index (χ0) is 11.0. The molecule has 2 heterocycles. The van der Waals surface area contributed by atoms with Crippen molar-refractivity contribution < 1.29 is 15.0 Å². The number of hydrogen-bond donors (Lipinski definition) is 2. The SMILES string of the molecule is Cc1ncc(C(=O)N2CC(O)C(O)C2)s1. The van der Waals surface area contributed by atoms with Gasteiger partial charge in [0, 0.05) is 13.1 Å². The highest BCUT2D eigenvalue weighted by Gasteiger charge is 2.33. The second-order valence-electron chi connectivity index (χ2n) is 3.59. The van der Waals surface area contributed by atoms with Crippen molar-refractivity contribution in [2.45, 2.75) is 19.1 Å². The van der Waals surface area contributed by atoms with Crippen LogP contribution in [-0.2, 0) is 0 Å². The van der Waals surface area contributed by atoms with Gasteiger partial charge in [0.25, 0.3) is 5.91 Å². The molecule has 2 N–H and O–H groups in total. The Balaban J connectivity index is 2.10. The molecule has 1 aliphatic heterocycles. The molecular weight excluding hydrogens is 216 g/mol. The molecule has 1 saturated heterocycles. The third-order valence-electron chi connectivity index (χ3n) is 2.38. The third-order valence-corrected chi connectivity index (χ3v) is 3.28. The van der Waals surface area contributed by atoms with Gasteiger partial charge in [-0.15, -0.1) is 11.3 Å². The Bertz CT molecular complexity index is 369. The highest BCUT2D eigenvalue weighted by molar-refractivity contribution is 7.13. The van der Waals surface area contributed by atoms with Crippen molar-refractivity contribution in [2.24, 2.45) is 0 Å². The van der Waals surface area contributed by atoms with Gasteiger partial charge in [-0.1, -0.05) is 0 Å². The van der Waals surface area contributed by atoms with Crippen LogP contribution in [0.3, 0.4) is 0 Å². The predicted molar refractivity (Wildman–Crippen MR) is 54.8 cm³/mol. The lowest BCUT2D eigenvalue weighted by molar-refractivity contribution is 0.0572. The van der Waals surface area contributed by atoms with E-state index >= 15 is 0 Å². The van der Waals surface area contributed by atoms with Crippen LogP contribution in [0.5, 0.6) is 0 Å². The Morgan fingerprint density at radius 3 is 2.60 bits per heavy atom. The average Bonchev–Trinajstić information content (AvgIpc) is 2.74. The van der Waals surface area contributed by atoms with Gasteiger partial charge in [0.05, 0.1) is 23.4 Å². The normalized spacial score (nSPS) is 25.9. The van der Waals surface area contributed by atoms with Crippen LogP contribution in [0.15, 0.2) is 6.20 Å². The minimum Gasteiger partial charge on any atom is -0.388 e. The molecule has 2 atom stereocenters. The lowest BCUT2D eigenvalue weighted by Crippen LogP contribution is -2.29. The van der Waals surface area contributed by atoms with Crippen molar-refractivity contribution in [2.75, 3.05) is 13.1 Å². The van der Waals surface area contributed by atoms with Crippen LogP contribution in [0.4, 0.5) is 0 Å². The maximum atomic E-state index is 11.8. The van der Waals surface area contributed by atoms with E-state index < -0.39 is 12.2 Å². The van der Waals surface area contributed by atoms with Crippen molar-refractivity contribution in [3.05, 3.63) is 16.1 Å². The molecule has 0 saturated carbocycles. The van der Waals surface area contributed by atoms with Crippen LogP contribution in [0.25, 0.3) is 0 Å². The minimum absolute atomic E-state index is 0.170. The number of amides is 1. The topological polar surface area (TPSA) is 73.7 Å². The third kappa shape index (κ3) is 2.01. The van der Waals surface area contributed by atoms with E-state index in [0.717, 1.165) is 5.01 Å². The first-order chi connectivity index (χ1) is 7.08. The summed E-state index contributed by atoms with van der Waals surface area (Å²) in [5.41, 5.74) is 0. The molecule has 0 aromatic carbocycles. The Morgan fingerprint density at radius 1 is 1.53 bits per heavy atom. The first-order valence-electron chi connectivity index (χ1n) is 4.66. The summed E-state index contributed by atoms with van der Waals surface area (Å²) in [5.74, 6) is -0.170. The van der Waals surface area contributed by atoms with Crippen molar-refractivity contribution in [3.63, 3.8) is 0 Å². The first-order valence-corrected chi connectivity index (χ1v) is 5.47. The largest absolute Gasteiger partial charge is 0.388 e. The molecule has 1 aliphatic rings. The number of aliphatic hydroxyl groups is 2. The van der Waals surface area contributed by atoms with Crippen molar-refractivity contribution >= 4 is 17.2 Å². The first kappa shape index (κ1) is 10.5. The quantitative estimate of drug-likeness (QED) is 0.687. The molecule has 5 nitrogen and oxygen atoms in total. The number of rotatable bonds is 1. The van der Waals surface area contributed by atoms with Crippen LogP contribution in [0, 0.1) is 6.92 Å². The molecule has 0 bridgehead atoms. The number of aliphatic hydroxyl groups excluding tert-OH is 2. The molecule has 0 aliphatic carbocycles. The van der Waals surface area contributed by atoms with Gasteiger partial charge in [0.15, 0.2) is 0 Å². The van der Waals surface area contributed by atoms with E-state index in [-0.39, 0.29) is 19.0 Å². The molecule has 6 heteroatoms. The van der Waals surface area contributed by atoms with Crippen LogP contribution in [-0.4, -0.2) is 51.3 Å². The number of carbonyl (C=O) groups excluding carboxylic acids is 1. The second kappa shape index (κ2) is 3.88. The number of aryl methyl sites for hydroxylation is 1. The Morgan fingerprint density at radius 2 is 2.13 bits per heavy atom. The minimum atomic E-state index is -0.831. The van der Waals surface area contributed by atoms with Crippen molar-refractivity contribution in [3.8, 4) is 0 Å². The summed E-state index contributed by atoms with van der Waals surface area (Å²) in [4.78, 5) is 17.8. The molecule has 1 aromatic heterocycles. The smallest absolute Gasteiger partial charge is 0.265 e. The van der Waals surface area contributed by atoms with E-state index in [1.54, 1.807) is 0 Å². The van der Waals surface area contributed by atoms with Gasteiger partial charge in [-0.2, -0.15) is 0 Å². The number of hydrogen-bond acceptors (Lipinski definition) is 5. The zero-order valence-corrected chi connectivity index (χ0v) is 9.07. The number of β-amino-alcohol motifs (C(OH)–C–C–N with tert-alkyl or cyclic N) is 2. The fourth-order valence-electron chi connectivity index (χ4n) is 1.55. The molecule has 0 spiro atoms. The van der Waals surface area contributed by atoms with E-state index in [1.807, 2.05) is 6.92 Å². The summed E-state index contributed by atoms with van der Waals surface area (Å²) in [7, 11) is 0. The zero-order valence-electron chi connectivity index (χ0n) is 8.25. The maximum Gasteiger partial charge on any atom is 0.265 e. The van der Waals surface area contributed by atoms with E-state index in [9.17, 15) is 15.0 Å². The number of carbonyl (C=O) groups is 1. The summed E-state index contributed by atoms with van der Waals surface area (Å²) in [6.45, 7) is 2.21. The summed E-state index contributed by atoms with van der Waals surface area (Å²) < 4.78 is 0. The molecule has 1 amide bonds. The molecule has 1 fully saturated rings. The van der Waals surface area contributed by atoms with Gasteiger partial charge in [-0.3, -0.25) is 4.79 Å². The summed E-state index contributed by atoms with van der Waals surface area (Å²) in [6, 6.07) is 0. The van der Waals surface area contributed by atoms with Crippen LogP contribution < -0.4 is 0 Å². The van der Waals surface area contributed by atoms with Gasteiger partial charge in [0.2, 0.25) is 0 Å². The molecule has 15 heavy (non-hydrogen) atoms. The molecule has 0 radical (unpaired) electrons. The maximum absolute atomic E-state index is 11.8. The molecule has 82 valence electrons. The molecular formula is C9H12N2O3S. The summed E-state index contributed by atoms with van der Waals surface area (Å²) >= 11 is 1.32. The van der Waals surface area contributed by atoms with E-state index in [0.29, 0.717) is 4.88 Å². The average molecular weight is 228 g/mol. The number of aromatic nitrogens is 1. The number of nitrogens with zero attached hydrogens (tertiary/aromatic N) is 2. The van der Waals surface area contributed by atoms with Crippen LogP contribution in [0.1, 0.15) is 14.7 Å². The highest BCUT2D eigenvalue weighted by atomic mass is 32.1. The second-order valence-corrected chi connectivity index (χ2v) is 4.82. The Kier molecular flexibility index (Phi) is 2.72. The van der Waals surface area contributed by atoms with Gasteiger partial charge in [0.1, 0.15) is 4.88 Å². The van der Waals surface area contributed by atoms with E-state index in [2.05, 4.69) is 4.98 Å². The van der Waals surface area contributed by atoms with Crippen LogP contribution >= 0.6 is 11.3 Å². The lowest BCUT2D eigenvalue weighted by atomic mass is 10.3. The van der Waals surface area contributed by atoms with Gasteiger partial charge in [-0.25, -0.2) is 4.98 Å². The monoisotopic (exact) mass is 228 g/mol. The van der Waals surface area contributed by atoms with Crippen LogP contribution in [0.2, 0.25) is 0 Å². The van der Waals surface area contributed by atoms with E-state index in [1.165, 1.54) is 22.4 Å². The van der Waals surface area contributed by atoms with E-state index in [4.69, 9.17) is 0 Å². The summed E-state index contributed by atoms with van der Waals surface area (Å²) in [5, 5.41) is 19.5. The Labute approximate surface area is 91.0 Å². The Hall–Kier alpha value is -0.980. The standard InChI is InChI=1S/C9H12N2O3S/c1-5-10-2-8(15-5)9(14)11-3-6(12)7(13)4-11/h2,6-7,12-13H,3-4H2,1H3. The highest BCUT2D eigenvalue weighted by Crippen LogP contribution is 2.18. The molecule has 2 unspecified atom stereocenters.